The monoisotopic (exact) mass is 420 g/mol. The molecule has 0 amide bonds. The van der Waals surface area contributed by atoms with Crippen molar-refractivity contribution in [3.63, 3.8) is 0 Å². The Labute approximate surface area is 185 Å². The van der Waals surface area contributed by atoms with E-state index >= 15 is 0 Å². The number of rotatable bonds is 6. The van der Waals surface area contributed by atoms with Crippen molar-refractivity contribution in [3.05, 3.63) is 95.9 Å². The van der Waals surface area contributed by atoms with Crippen molar-refractivity contribution in [2.45, 2.75) is 6.92 Å². The van der Waals surface area contributed by atoms with E-state index in [-0.39, 0.29) is 5.88 Å². The molecule has 0 aliphatic carbocycles. The molecule has 0 radical (unpaired) electrons. The van der Waals surface area contributed by atoms with Crippen molar-refractivity contribution in [1.29, 1.82) is 10.7 Å². The molecular formula is C25H20N6O. The fourth-order valence-electron chi connectivity index (χ4n) is 3.32. The zero-order chi connectivity index (χ0) is 22.5. The van der Waals surface area contributed by atoms with Gasteiger partial charge in [0.2, 0.25) is 5.88 Å². The molecule has 0 aliphatic rings. The van der Waals surface area contributed by atoms with Crippen LogP contribution in [0.3, 0.4) is 0 Å². The van der Waals surface area contributed by atoms with Crippen LogP contribution in [0.5, 0.6) is 5.88 Å². The topological polar surface area (TPSA) is 111 Å². The van der Waals surface area contributed by atoms with E-state index in [1.54, 1.807) is 42.7 Å². The molecule has 0 atom stereocenters. The molecule has 0 saturated carbocycles. The maximum Gasteiger partial charge on any atom is 0.223 e. The number of hydrogen-bond acceptors (Lipinski definition) is 6. The van der Waals surface area contributed by atoms with Crippen LogP contribution in [-0.4, -0.2) is 26.1 Å². The summed E-state index contributed by atoms with van der Waals surface area (Å²) in [6.07, 6.45) is 4.67. The fraction of sp³-hybridized carbons (Fsp3) is 0.0400. The molecule has 0 spiro atoms. The normalized spacial score (nSPS) is 11.1. The second-order valence-electron chi connectivity index (χ2n) is 7.04. The Morgan fingerprint density at radius 2 is 1.84 bits per heavy atom. The zero-order valence-electron chi connectivity index (χ0n) is 17.3. The maximum atomic E-state index is 10.8. The second kappa shape index (κ2) is 8.98. The third kappa shape index (κ3) is 4.11. The van der Waals surface area contributed by atoms with Gasteiger partial charge in [0.1, 0.15) is 0 Å². The SMILES string of the molecule is Cc1nn(-c2ccc(N/C=C(\C=N)c3ccccc3)cn2)c(O)c1-c1ccc(C#N)cc1. The third-order valence-corrected chi connectivity index (χ3v) is 4.96. The minimum absolute atomic E-state index is 0.0181. The van der Waals surface area contributed by atoms with Gasteiger partial charge in [-0.05, 0) is 42.3 Å². The van der Waals surface area contributed by atoms with Crippen molar-refractivity contribution in [3.8, 4) is 28.9 Å². The Bertz CT molecular complexity index is 1310. The largest absolute Gasteiger partial charge is 0.493 e. The molecule has 7 nitrogen and oxygen atoms in total. The second-order valence-corrected chi connectivity index (χ2v) is 7.04. The maximum absolute atomic E-state index is 10.8. The van der Waals surface area contributed by atoms with E-state index in [1.807, 2.05) is 43.3 Å². The number of nitriles is 1. The molecule has 4 rings (SSSR count). The molecule has 32 heavy (non-hydrogen) atoms. The minimum atomic E-state index is -0.0181. The van der Waals surface area contributed by atoms with Crippen molar-refractivity contribution in [2.75, 3.05) is 5.32 Å². The highest BCUT2D eigenvalue weighted by atomic mass is 16.3. The summed E-state index contributed by atoms with van der Waals surface area (Å²) in [5, 5.41) is 35.0. The molecule has 7 heteroatoms. The van der Waals surface area contributed by atoms with Crippen molar-refractivity contribution >= 4 is 17.5 Å². The molecule has 0 bridgehead atoms. The fourth-order valence-corrected chi connectivity index (χ4v) is 3.32. The van der Waals surface area contributed by atoms with Crippen molar-refractivity contribution in [1.82, 2.24) is 14.8 Å². The molecule has 3 N–H and O–H groups in total. The number of hydrogen-bond donors (Lipinski definition) is 3. The number of nitrogens with one attached hydrogen (secondary N) is 2. The molecular weight excluding hydrogens is 400 g/mol. The van der Waals surface area contributed by atoms with Gasteiger partial charge in [0, 0.05) is 18.0 Å². The van der Waals surface area contributed by atoms with Crippen molar-refractivity contribution < 1.29 is 5.11 Å². The highest BCUT2D eigenvalue weighted by Gasteiger charge is 2.18. The number of pyridine rings is 1. The number of allylic oxidation sites excluding steroid dienone is 1. The van der Waals surface area contributed by atoms with E-state index in [4.69, 9.17) is 10.7 Å². The summed E-state index contributed by atoms with van der Waals surface area (Å²) in [7, 11) is 0. The summed E-state index contributed by atoms with van der Waals surface area (Å²) in [5.74, 6) is 0.450. The lowest BCUT2D eigenvalue weighted by Crippen LogP contribution is -2.00. The van der Waals surface area contributed by atoms with E-state index in [9.17, 15) is 5.11 Å². The average molecular weight is 420 g/mol. The Kier molecular flexibility index (Phi) is 5.77. The van der Waals surface area contributed by atoms with Gasteiger partial charge < -0.3 is 15.8 Å². The van der Waals surface area contributed by atoms with E-state index in [0.717, 1.165) is 22.4 Å². The van der Waals surface area contributed by atoms with Crippen LogP contribution in [-0.2, 0) is 0 Å². The first-order valence-electron chi connectivity index (χ1n) is 9.89. The lowest BCUT2D eigenvalue weighted by Gasteiger charge is -2.07. The predicted octanol–water partition coefficient (Wildman–Crippen LogP) is 4.92. The standard InChI is InChI=1S/C25H20N6O/c1-17-24(20-9-7-18(13-26)8-10-20)25(32)31(30-17)23-12-11-22(16-29-23)28-15-21(14-27)19-5-3-2-4-6-19/h2-12,14-16,27-28,32H,1H3/b21-15+,27-14?. The van der Waals surface area contributed by atoms with Crippen LogP contribution in [0.15, 0.2) is 79.1 Å². The summed E-state index contributed by atoms with van der Waals surface area (Å²) in [4.78, 5) is 4.41. The molecule has 0 unspecified atom stereocenters. The molecule has 2 aromatic carbocycles. The predicted molar refractivity (Wildman–Crippen MR) is 125 cm³/mol. The Hall–Kier alpha value is -4.70. The van der Waals surface area contributed by atoms with Gasteiger partial charge in [0.05, 0.1) is 34.8 Å². The first-order chi connectivity index (χ1) is 15.6. The minimum Gasteiger partial charge on any atom is -0.493 e. The van der Waals surface area contributed by atoms with Crippen LogP contribution in [0.1, 0.15) is 16.8 Å². The number of aryl methyl sites for hydroxylation is 1. The summed E-state index contributed by atoms with van der Waals surface area (Å²) >= 11 is 0. The van der Waals surface area contributed by atoms with Gasteiger partial charge in [-0.15, -0.1) is 0 Å². The summed E-state index contributed by atoms with van der Waals surface area (Å²) in [6, 6.07) is 22.3. The van der Waals surface area contributed by atoms with Crippen LogP contribution in [0.25, 0.3) is 22.5 Å². The Balaban J connectivity index is 1.57. The smallest absolute Gasteiger partial charge is 0.223 e. The summed E-state index contributed by atoms with van der Waals surface area (Å²) < 4.78 is 1.38. The van der Waals surface area contributed by atoms with E-state index in [0.29, 0.717) is 22.6 Å². The average Bonchev–Trinajstić information content (AvgIpc) is 3.14. The molecule has 2 heterocycles. The van der Waals surface area contributed by atoms with Gasteiger partial charge in [0.15, 0.2) is 5.82 Å². The first-order valence-corrected chi connectivity index (χ1v) is 9.89. The van der Waals surface area contributed by atoms with Crippen LogP contribution >= 0.6 is 0 Å². The number of nitrogens with zero attached hydrogens (tertiary/aromatic N) is 4. The molecule has 2 aromatic heterocycles. The van der Waals surface area contributed by atoms with Crippen LogP contribution in [0.4, 0.5) is 5.69 Å². The number of aromatic hydroxyl groups is 1. The van der Waals surface area contributed by atoms with E-state index < -0.39 is 0 Å². The third-order valence-electron chi connectivity index (χ3n) is 4.96. The molecule has 0 saturated heterocycles. The highest BCUT2D eigenvalue weighted by molar-refractivity contribution is 6.08. The van der Waals surface area contributed by atoms with E-state index in [1.165, 1.54) is 10.9 Å². The van der Waals surface area contributed by atoms with Gasteiger partial charge in [-0.1, -0.05) is 42.5 Å². The van der Waals surface area contributed by atoms with Crippen LogP contribution in [0, 0.1) is 23.7 Å². The first kappa shape index (κ1) is 20.6. The molecule has 4 aromatic rings. The molecule has 156 valence electrons. The van der Waals surface area contributed by atoms with Gasteiger partial charge >= 0.3 is 0 Å². The van der Waals surface area contributed by atoms with E-state index in [2.05, 4.69) is 21.5 Å². The van der Waals surface area contributed by atoms with Gasteiger partial charge in [-0.25, -0.2) is 4.98 Å². The van der Waals surface area contributed by atoms with Crippen molar-refractivity contribution in [2.24, 2.45) is 0 Å². The number of benzene rings is 2. The quantitative estimate of drug-likeness (QED) is 0.383. The molecule has 0 fully saturated rings. The lowest BCUT2D eigenvalue weighted by atomic mass is 10.0. The highest BCUT2D eigenvalue weighted by Crippen LogP contribution is 2.34. The van der Waals surface area contributed by atoms with Crippen LogP contribution < -0.4 is 5.32 Å². The number of anilines is 1. The van der Waals surface area contributed by atoms with Gasteiger partial charge in [-0.3, -0.25) is 0 Å². The van der Waals surface area contributed by atoms with Gasteiger partial charge in [0.25, 0.3) is 0 Å². The Morgan fingerprint density at radius 3 is 2.47 bits per heavy atom. The molecule has 0 aliphatic heterocycles. The summed E-state index contributed by atoms with van der Waals surface area (Å²) in [5.41, 5.74) is 4.98. The zero-order valence-corrected chi connectivity index (χ0v) is 17.3. The lowest BCUT2D eigenvalue weighted by molar-refractivity contribution is 0.433. The number of aromatic nitrogens is 3. The summed E-state index contributed by atoms with van der Waals surface area (Å²) in [6.45, 7) is 1.81. The van der Waals surface area contributed by atoms with Gasteiger partial charge in [-0.2, -0.15) is 15.0 Å². The Morgan fingerprint density at radius 1 is 1.09 bits per heavy atom. The van der Waals surface area contributed by atoms with Crippen LogP contribution in [0.2, 0.25) is 0 Å².